The molecule has 0 bridgehead atoms. The molecule has 5 nitrogen and oxygen atoms in total. The second kappa shape index (κ2) is 11.1. The fraction of sp³-hybridized carbons (Fsp3) is 0.312. The summed E-state index contributed by atoms with van der Waals surface area (Å²) in [5, 5.41) is 5.72. The van der Waals surface area contributed by atoms with Crippen molar-refractivity contribution in [2.75, 3.05) is 22.9 Å². The van der Waals surface area contributed by atoms with Gasteiger partial charge in [0.15, 0.2) is 5.11 Å². The van der Waals surface area contributed by atoms with Gasteiger partial charge in [-0.25, -0.2) is 0 Å². The van der Waals surface area contributed by atoms with E-state index in [9.17, 15) is 0 Å². The van der Waals surface area contributed by atoms with Gasteiger partial charge in [-0.2, -0.15) is 0 Å². The molecule has 0 saturated carbocycles. The minimum Gasteiger partial charge on any atom is -0.370 e. The van der Waals surface area contributed by atoms with Crippen molar-refractivity contribution in [1.82, 2.24) is 14.9 Å². The van der Waals surface area contributed by atoms with Gasteiger partial charge in [0.05, 0.1) is 28.5 Å². The molecule has 2 aliphatic rings. The summed E-state index contributed by atoms with van der Waals surface area (Å²) >= 11 is 19.2. The van der Waals surface area contributed by atoms with Crippen LogP contribution in [0.25, 0.3) is 5.69 Å². The molecule has 4 heterocycles. The van der Waals surface area contributed by atoms with Gasteiger partial charge in [-0.3, -0.25) is 4.98 Å². The molecule has 2 unspecified atom stereocenters. The largest absolute Gasteiger partial charge is 0.370 e. The van der Waals surface area contributed by atoms with Crippen LogP contribution >= 0.6 is 35.4 Å². The lowest BCUT2D eigenvalue weighted by molar-refractivity contribution is 0.438. The van der Waals surface area contributed by atoms with E-state index in [-0.39, 0.29) is 12.1 Å². The average Bonchev–Trinajstić information content (AvgIpc) is 3.45. The Morgan fingerprint density at radius 3 is 2.33 bits per heavy atom. The summed E-state index contributed by atoms with van der Waals surface area (Å²) in [5.41, 5.74) is 7.54. The fourth-order valence-electron chi connectivity index (χ4n) is 6.18. The summed E-state index contributed by atoms with van der Waals surface area (Å²) in [6, 6.07) is 22.4. The predicted molar refractivity (Wildman–Crippen MR) is 170 cm³/mol. The van der Waals surface area contributed by atoms with E-state index in [1.165, 1.54) is 18.4 Å². The topological polar surface area (TPSA) is 36.3 Å². The molecule has 0 spiro atoms. The van der Waals surface area contributed by atoms with Crippen molar-refractivity contribution in [3.05, 3.63) is 106 Å². The third-order valence-electron chi connectivity index (χ3n) is 8.31. The lowest BCUT2D eigenvalue weighted by Gasteiger charge is -2.33. The average molecular weight is 591 g/mol. The number of benzene rings is 2. The van der Waals surface area contributed by atoms with Crippen LogP contribution in [0.4, 0.5) is 11.4 Å². The molecule has 206 valence electrons. The van der Waals surface area contributed by atoms with Crippen LogP contribution in [0.2, 0.25) is 10.0 Å². The minimum absolute atomic E-state index is 0.118. The van der Waals surface area contributed by atoms with Gasteiger partial charge in [0.2, 0.25) is 0 Å². The number of nitrogens with one attached hydrogen (secondary N) is 1. The van der Waals surface area contributed by atoms with Crippen molar-refractivity contribution in [2.24, 2.45) is 5.92 Å². The van der Waals surface area contributed by atoms with Gasteiger partial charge in [0, 0.05) is 47.1 Å². The van der Waals surface area contributed by atoms with E-state index in [2.05, 4.69) is 82.9 Å². The summed E-state index contributed by atoms with van der Waals surface area (Å²) in [4.78, 5) is 9.33. The molecule has 2 aromatic heterocycles. The van der Waals surface area contributed by atoms with Gasteiger partial charge in [-0.15, -0.1) is 0 Å². The van der Waals surface area contributed by atoms with Gasteiger partial charge in [0.25, 0.3) is 0 Å². The smallest absolute Gasteiger partial charge is 0.174 e. The number of hydrogen-bond donors (Lipinski definition) is 1. The molecule has 0 amide bonds. The van der Waals surface area contributed by atoms with E-state index in [1.807, 2.05) is 30.5 Å². The fourth-order valence-corrected chi connectivity index (χ4v) is 6.94. The van der Waals surface area contributed by atoms with Crippen molar-refractivity contribution < 1.29 is 0 Å². The zero-order chi connectivity index (χ0) is 28.0. The summed E-state index contributed by atoms with van der Waals surface area (Å²) in [5.74, 6) is 0.763. The Balaban J connectivity index is 1.43. The molecule has 2 saturated heterocycles. The molecular weight excluding hydrogens is 557 g/mol. The number of halogens is 2. The van der Waals surface area contributed by atoms with Gasteiger partial charge >= 0.3 is 0 Å². The highest BCUT2D eigenvalue weighted by Crippen LogP contribution is 2.45. The van der Waals surface area contributed by atoms with Crippen molar-refractivity contribution in [3.63, 3.8) is 0 Å². The van der Waals surface area contributed by atoms with Crippen LogP contribution < -0.4 is 15.1 Å². The van der Waals surface area contributed by atoms with E-state index in [4.69, 9.17) is 40.4 Å². The van der Waals surface area contributed by atoms with Crippen LogP contribution in [0.3, 0.4) is 0 Å². The molecule has 6 rings (SSSR count). The molecule has 0 aliphatic carbocycles. The van der Waals surface area contributed by atoms with Gasteiger partial charge in [-0.1, -0.05) is 36.2 Å². The first-order valence-electron chi connectivity index (χ1n) is 13.8. The number of piperidine rings is 1. The molecule has 4 aromatic rings. The number of nitrogens with zero attached hydrogens (tertiary/aromatic N) is 4. The van der Waals surface area contributed by atoms with Crippen molar-refractivity contribution >= 4 is 51.9 Å². The van der Waals surface area contributed by atoms with Crippen LogP contribution in [0, 0.1) is 19.8 Å². The highest BCUT2D eigenvalue weighted by molar-refractivity contribution is 7.80. The Labute approximate surface area is 251 Å². The zero-order valence-electron chi connectivity index (χ0n) is 22.9. The van der Waals surface area contributed by atoms with Crippen LogP contribution in [0.15, 0.2) is 72.9 Å². The van der Waals surface area contributed by atoms with Crippen LogP contribution in [0.5, 0.6) is 0 Å². The summed E-state index contributed by atoms with van der Waals surface area (Å²) in [6.45, 7) is 8.69. The van der Waals surface area contributed by atoms with E-state index >= 15 is 0 Å². The highest BCUT2D eigenvalue weighted by Gasteiger charge is 2.42. The quantitative estimate of drug-likeness (QED) is 0.237. The van der Waals surface area contributed by atoms with Crippen molar-refractivity contribution in [1.29, 1.82) is 0 Å². The second-order valence-electron chi connectivity index (χ2n) is 10.9. The van der Waals surface area contributed by atoms with E-state index in [0.717, 1.165) is 63.2 Å². The first-order valence-corrected chi connectivity index (χ1v) is 15.0. The molecule has 1 N–H and O–H groups in total. The Morgan fingerprint density at radius 2 is 1.65 bits per heavy atom. The number of thiocarbonyl (C=S) groups is 1. The third kappa shape index (κ3) is 4.98. The monoisotopic (exact) mass is 589 g/mol. The number of rotatable bonds is 5. The standard InChI is InChI=1S/C32H33Cl2N5S/c1-20-13-16-37(17-14-20)29-12-11-25(19-27(29)34)39-31(30(36-32(39)40)28-6-4-5-15-35-28)26-18-21(2)38(22(26)3)24-9-7-23(33)8-10-24/h4-12,15,18-20,30-31H,13-14,16-17H2,1-3H3,(H,36,40). The van der Waals surface area contributed by atoms with E-state index in [0.29, 0.717) is 5.11 Å². The zero-order valence-corrected chi connectivity index (χ0v) is 25.3. The molecule has 2 atom stereocenters. The number of aryl methyl sites for hydroxylation is 1. The molecule has 2 fully saturated rings. The van der Waals surface area contributed by atoms with Crippen LogP contribution in [0.1, 0.15) is 54.5 Å². The normalized spacial score (nSPS) is 19.8. The van der Waals surface area contributed by atoms with E-state index in [1.54, 1.807) is 0 Å². The molecule has 2 aliphatic heterocycles. The second-order valence-corrected chi connectivity index (χ2v) is 12.2. The number of aromatic nitrogens is 2. The molecule has 2 aromatic carbocycles. The van der Waals surface area contributed by atoms with Gasteiger partial charge < -0.3 is 19.7 Å². The lowest BCUT2D eigenvalue weighted by Crippen LogP contribution is -2.33. The summed E-state index contributed by atoms with van der Waals surface area (Å²) in [6.07, 6.45) is 4.21. The van der Waals surface area contributed by atoms with Gasteiger partial charge in [0.1, 0.15) is 0 Å². The van der Waals surface area contributed by atoms with Gasteiger partial charge in [-0.05, 0) is 111 Å². The first-order chi connectivity index (χ1) is 19.3. The lowest BCUT2D eigenvalue weighted by atomic mass is 9.96. The maximum Gasteiger partial charge on any atom is 0.174 e. The molecule has 0 radical (unpaired) electrons. The molecular formula is C32H33Cl2N5S. The predicted octanol–water partition coefficient (Wildman–Crippen LogP) is 8.21. The number of anilines is 2. The summed E-state index contributed by atoms with van der Waals surface area (Å²) < 4.78 is 2.27. The Kier molecular flexibility index (Phi) is 7.51. The Bertz CT molecular complexity index is 1530. The SMILES string of the molecule is Cc1cc(C2C(c3ccccn3)NC(=S)N2c2ccc(N3CCC(C)CC3)c(Cl)c2)c(C)n1-c1ccc(Cl)cc1. The van der Waals surface area contributed by atoms with Crippen molar-refractivity contribution in [2.45, 2.75) is 45.7 Å². The maximum absolute atomic E-state index is 6.97. The number of pyridine rings is 1. The highest BCUT2D eigenvalue weighted by atomic mass is 35.5. The number of hydrogen-bond acceptors (Lipinski definition) is 3. The minimum atomic E-state index is -0.130. The Hall–Kier alpha value is -3.06. The molecule has 8 heteroatoms. The first kappa shape index (κ1) is 27.1. The maximum atomic E-state index is 6.97. The molecule has 40 heavy (non-hydrogen) atoms. The Morgan fingerprint density at radius 1 is 0.925 bits per heavy atom. The summed E-state index contributed by atoms with van der Waals surface area (Å²) in [7, 11) is 0. The van der Waals surface area contributed by atoms with Crippen LogP contribution in [-0.2, 0) is 0 Å². The van der Waals surface area contributed by atoms with E-state index < -0.39 is 0 Å². The third-order valence-corrected chi connectivity index (χ3v) is 9.17. The van der Waals surface area contributed by atoms with Crippen LogP contribution in [-0.4, -0.2) is 27.8 Å². The van der Waals surface area contributed by atoms with Crippen molar-refractivity contribution in [3.8, 4) is 5.69 Å².